The normalized spacial score (nSPS) is 15.1. The summed E-state index contributed by atoms with van der Waals surface area (Å²) in [6.45, 7) is 4.88. The number of β-amino-alcohol motifs (C(OH)–C–C–N with tert-alkyl or cyclic N) is 1. The largest absolute Gasteiger partial charge is 0.490 e. The lowest BCUT2D eigenvalue weighted by molar-refractivity contribution is 0.0611. The van der Waals surface area contributed by atoms with Crippen LogP contribution >= 0.6 is 12.4 Å². The van der Waals surface area contributed by atoms with Crippen molar-refractivity contribution in [1.82, 2.24) is 4.90 Å². The zero-order valence-electron chi connectivity index (χ0n) is 19.3. The van der Waals surface area contributed by atoms with Crippen molar-refractivity contribution in [2.75, 3.05) is 26.2 Å². The van der Waals surface area contributed by atoms with Crippen LogP contribution in [0.25, 0.3) is 10.8 Å². The second kappa shape index (κ2) is 12.2. The predicted octanol–water partition coefficient (Wildman–Crippen LogP) is 5.61. The van der Waals surface area contributed by atoms with Gasteiger partial charge in [0.25, 0.3) is 0 Å². The standard InChI is InChI=1S/C28H33NO3.ClH/c1-21-12-15-28(32-20-24(30)19-29-16-5-2-6-17-29)26(18-21)27(31)14-13-23-10-7-9-22-8-3-4-11-25(22)23;/h3-4,7-12,15,18,24,30H,2,5-6,13-14,16-17,19-20H2,1H3;1H. The van der Waals surface area contributed by atoms with Gasteiger partial charge < -0.3 is 14.7 Å². The van der Waals surface area contributed by atoms with Crippen molar-refractivity contribution in [2.24, 2.45) is 0 Å². The van der Waals surface area contributed by atoms with Gasteiger partial charge in [0, 0.05) is 13.0 Å². The number of aryl methyl sites for hydroxylation is 2. The maximum atomic E-state index is 13.1. The van der Waals surface area contributed by atoms with Crippen LogP contribution in [0.3, 0.4) is 0 Å². The number of aliphatic hydroxyl groups is 1. The summed E-state index contributed by atoms with van der Waals surface area (Å²) in [6.07, 6.45) is 4.21. The number of carbonyl (C=O) groups is 1. The average Bonchev–Trinajstić information content (AvgIpc) is 2.82. The predicted molar refractivity (Wildman–Crippen MR) is 137 cm³/mol. The van der Waals surface area contributed by atoms with Crippen LogP contribution < -0.4 is 4.74 Å². The number of hydrogen-bond donors (Lipinski definition) is 1. The van der Waals surface area contributed by atoms with E-state index in [0.29, 0.717) is 30.7 Å². The molecule has 4 nitrogen and oxygen atoms in total. The van der Waals surface area contributed by atoms with Gasteiger partial charge in [0.15, 0.2) is 5.78 Å². The van der Waals surface area contributed by atoms with Crippen LogP contribution in [0.15, 0.2) is 60.7 Å². The Morgan fingerprint density at radius 2 is 1.79 bits per heavy atom. The minimum atomic E-state index is -0.562. The van der Waals surface area contributed by atoms with Crippen LogP contribution in [-0.2, 0) is 6.42 Å². The molecule has 0 aromatic heterocycles. The number of rotatable bonds is 9. The van der Waals surface area contributed by atoms with Crippen LogP contribution in [-0.4, -0.2) is 48.1 Å². The highest BCUT2D eigenvalue weighted by atomic mass is 35.5. The number of likely N-dealkylation sites (tertiary alicyclic amines) is 1. The highest BCUT2D eigenvalue weighted by Crippen LogP contribution is 2.25. The zero-order valence-corrected chi connectivity index (χ0v) is 20.2. The Balaban J connectivity index is 0.00000306. The van der Waals surface area contributed by atoms with E-state index in [1.807, 2.05) is 43.3 Å². The molecule has 176 valence electrons. The smallest absolute Gasteiger partial charge is 0.166 e. The number of benzene rings is 3. The zero-order chi connectivity index (χ0) is 22.3. The van der Waals surface area contributed by atoms with E-state index < -0.39 is 6.10 Å². The molecule has 0 amide bonds. The number of fused-ring (bicyclic) bond motifs is 1. The summed E-state index contributed by atoms with van der Waals surface area (Å²) in [4.78, 5) is 15.4. The molecule has 0 saturated carbocycles. The molecule has 1 atom stereocenters. The molecule has 5 heteroatoms. The van der Waals surface area contributed by atoms with Gasteiger partial charge in [0.1, 0.15) is 18.5 Å². The third-order valence-corrected chi connectivity index (χ3v) is 6.29. The van der Waals surface area contributed by atoms with E-state index in [2.05, 4.69) is 29.2 Å². The van der Waals surface area contributed by atoms with Crippen molar-refractivity contribution in [3.63, 3.8) is 0 Å². The van der Waals surface area contributed by atoms with Gasteiger partial charge in [-0.05, 0) is 67.7 Å². The van der Waals surface area contributed by atoms with Gasteiger partial charge in [-0.1, -0.05) is 60.5 Å². The van der Waals surface area contributed by atoms with Gasteiger partial charge in [-0.2, -0.15) is 0 Å². The number of ether oxygens (including phenoxy) is 1. The SMILES string of the molecule is Cc1ccc(OCC(O)CN2CCCCC2)c(C(=O)CCc2cccc3ccccc23)c1.Cl. The number of halogens is 1. The van der Waals surface area contributed by atoms with Crippen molar-refractivity contribution in [3.05, 3.63) is 77.4 Å². The Kier molecular flexibility index (Phi) is 9.30. The Labute approximate surface area is 203 Å². The first-order valence-corrected chi connectivity index (χ1v) is 11.7. The number of carbonyl (C=O) groups excluding carboxylic acids is 1. The van der Waals surface area contributed by atoms with Crippen molar-refractivity contribution in [2.45, 2.75) is 45.1 Å². The minimum absolute atomic E-state index is 0. The lowest BCUT2D eigenvalue weighted by Crippen LogP contribution is -2.38. The molecule has 1 saturated heterocycles. The van der Waals surface area contributed by atoms with E-state index >= 15 is 0 Å². The van der Waals surface area contributed by atoms with Gasteiger partial charge >= 0.3 is 0 Å². The molecule has 33 heavy (non-hydrogen) atoms. The first-order valence-electron chi connectivity index (χ1n) is 11.7. The molecular formula is C28H34ClNO3. The molecule has 1 N–H and O–H groups in total. The van der Waals surface area contributed by atoms with E-state index in [-0.39, 0.29) is 24.8 Å². The highest BCUT2D eigenvalue weighted by Gasteiger charge is 2.18. The van der Waals surface area contributed by atoms with E-state index in [9.17, 15) is 9.90 Å². The first-order chi connectivity index (χ1) is 15.6. The molecule has 1 unspecified atom stereocenters. The Bertz CT molecular complexity index is 1060. The number of hydrogen-bond acceptors (Lipinski definition) is 4. The van der Waals surface area contributed by atoms with Crippen LogP contribution in [0.4, 0.5) is 0 Å². The summed E-state index contributed by atoms with van der Waals surface area (Å²) < 4.78 is 5.94. The topological polar surface area (TPSA) is 49.8 Å². The van der Waals surface area contributed by atoms with E-state index in [4.69, 9.17) is 4.74 Å². The Hall–Kier alpha value is -2.40. The fourth-order valence-corrected chi connectivity index (χ4v) is 4.56. The van der Waals surface area contributed by atoms with Crippen molar-refractivity contribution >= 4 is 29.0 Å². The number of Topliss-reactive ketones (excluding diaryl/α,β-unsaturated/α-hetero) is 1. The van der Waals surface area contributed by atoms with Crippen LogP contribution in [0.5, 0.6) is 5.75 Å². The summed E-state index contributed by atoms with van der Waals surface area (Å²) in [6, 6.07) is 20.2. The van der Waals surface area contributed by atoms with Crippen molar-refractivity contribution in [1.29, 1.82) is 0 Å². The first kappa shape index (κ1) is 25.2. The lowest BCUT2D eigenvalue weighted by Gasteiger charge is -2.28. The quantitative estimate of drug-likeness (QED) is 0.415. The number of ketones is 1. The molecule has 1 fully saturated rings. The molecule has 0 radical (unpaired) electrons. The van der Waals surface area contributed by atoms with E-state index in [0.717, 1.165) is 18.7 Å². The summed E-state index contributed by atoms with van der Waals surface area (Å²) in [5.74, 6) is 0.637. The van der Waals surface area contributed by atoms with E-state index in [1.54, 1.807) is 0 Å². The molecule has 4 rings (SSSR count). The maximum absolute atomic E-state index is 13.1. The molecule has 1 aliphatic heterocycles. The summed E-state index contributed by atoms with van der Waals surface area (Å²) in [7, 11) is 0. The number of aliphatic hydroxyl groups excluding tert-OH is 1. The monoisotopic (exact) mass is 467 g/mol. The van der Waals surface area contributed by atoms with Crippen LogP contribution in [0.1, 0.15) is 47.2 Å². The fraction of sp³-hybridized carbons (Fsp3) is 0.393. The summed E-state index contributed by atoms with van der Waals surface area (Å²) in [5, 5.41) is 12.8. The van der Waals surface area contributed by atoms with Crippen LogP contribution in [0.2, 0.25) is 0 Å². The van der Waals surface area contributed by atoms with Crippen molar-refractivity contribution < 1.29 is 14.6 Å². The molecule has 3 aromatic rings. The molecule has 3 aromatic carbocycles. The molecule has 1 heterocycles. The molecule has 0 spiro atoms. The highest BCUT2D eigenvalue weighted by molar-refractivity contribution is 5.99. The third kappa shape index (κ3) is 6.80. The number of nitrogens with zero attached hydrogens (tertiary/aromatic N) is 1. The minimum Gasteiger partial charge on any atom is -0.490 e. The summed E-state index contributed by atoms with van der Waals surface area (Å²) in [5.41, 5.74) is 2.82. The van der Waals surface area contributed by atoms with Crippen molar-refractivity contribution in [3.8, 4) is 5.75 Å². The molecule has 1 aliphatic rings. The lowest BCUT2D eigenvalue weighted by atomic mass is 9.97. The second-order valence-electron chi connectivity index (χ2n) is 8.89. The van der Waals surface area contributed by atoms with E-state index in [1.165, 1.54) is 35.6 Å². The molecular weight excluding hydrogens is 434 g/mol. The Morgan fingerprint density at radius 1 is 1.03 bits per heavy atom. The van der Waals surface area contributed by atoms with Gasteiger partial charge in [-0.3, -0.25) is 4.79 Å². The van der Waals surface area contributed by atoms with Gasteiger partial charge in [0.2, 0.25) is 0 Å². The van der Waals surface area contributed by atoms with Gasteiger partial charge in [-0.15, -0.1) is 12.4 Å². The van der Waals surface area contributed by atoms with Gasteiger partial charge in [-0.25, -0.2) is 0 Å². The van der Waals surface area contributed by atoms with Crippen LogP contribution in [0, 0.1) is 6.92 Å². The fourth-order valence-electron chi connectivity index (χ4n) is 4.56. The third-order valence-electron chi connectivity index (χ3n) is 6.29. The molecule has 0 aliphatic carbocycles. The average molecular weight is 468 g/mol. The Morgan fingerprint density at radius 3 is 2.61 bits per heavy atom. The maximum Gasteiger partial charge on any atom is 0.166 e. The van der Waals surface area contributed by atoms with Gasteiger partial charge in [0.05, 0.1) is 5.56 Å². The summed E-state index contributed by atoms with van der Waals surface area (Å²) >= 11 is 0. The second-order valence-corrected chi connectivity index (χ2v) is 8.89. The molecule has 0 bridgehead atoms. The number of piperidine rings is 1.